The van der Waals surface area contributed by atoms with Crippen LogP contribution in [0.5, 0.6) is 0 Å². The first-order valence-corrected chi connectivity index (χ1v) is 11.5. The van der Waals surface area contributed by atoms with Gasteiger partial charge >= 0.3 is 6.18 Å². The fourth-order valence-corrected chi connectivity index (χ4v) is 4.55. The van der Waals surface area contributed by atoms with Gasteiger partial charge < -0.3 is 9.52 Å². The van der Waals surface area contributed by atoms with E-state index in [9.17, 15) is 18.3 Å². The SMILES string of the molecule is OC1(c2cccc(C(F)(F)F)c2)CCN(Cc2nc(-c3ccccc3)c(-c3ccccc3)o2)CC1. The Balaban J connectivity index is 1.34. The van der Waals surface area contributed by atoms with Gasteiger partial charge in [-0.05, 0) is 30.5 Å². The van der Waals surface area contributed by atoms with Crippen molar-refractivity contribution in [3.63, 3.8) is 0 Å². The third kappa shape index (κ3) is 5.01. The minimum Gasteiger partial charge on any atom is -0.439 e. The van der Waals surface area contributed by atoms with Gasteiger partial charge in [-0.1, -0.05) is 72.8 Å². The van der Waals surface area contributed by atoms with Gasteiger partial charge in [0.25, 0.3) is 0 Å². The van der Waals surface area contributed by atoms with E-state index in [0.29, 0.717) is 49.7 Å². The van der Waals surface area contributed by atoms with Crippen LogP contribution in [0.1, 0.15) is 29.9 Å². The van der Waals surface area contributed by atoms with Crippen LogP contribution in [0.25, 0.3) is 22.6 Å². The molecule has 0 spiro atoms. The molecule has 0 unspecified atom stereocenters. The Hall–Kier alpha value is -3.42. The van der Waals surface area contributed by atoms with Crippen molar-refractivity contribution < 1.29 is 22.7 Å². The summed E-state index contributed by atoms with van der Waals surface area (Å²) in [4.78, 5) is 6.90. The molecule has 1 aromatic heterocycles. The summed E-state index contributed by atoms with van der Waals surface area (Å²) in [6, 6.07) is 24.7. The zero-order valence-corrected chi connectivity index (χ0v) is 19.0. The third-order valence-electron chi connectivity index (χ3n) is 6.52. The van der Waals surface area contributed by atoms with E-state index in [0.717, 1.165) is 29.0 Å². The molecule has 180 valence electrons. The van der Waals surface area contributed by atoms with Crippen LogP contribution in [0.15, 0.2) is 89.3 Å². The number of benzene rings is 3. The molecule has 1 aliphatic rings. The molecule has 5 rings (SSSR count). The van der Waals surface area contributed by atoms with Crippen molar-refractivity contribution in [2.75, 3.05) is 13.1 Å². The molecule has 1 aliphatic heterocycles. The predicted octanol–water partition coefficient (Wildman–Crippen LogP) is 6.51. The molecule has 3 aromatic carbocycles. The van der Waals surface area contributed by atoms with E-state index in [1.165, 1.54) is 6.07 Å². The maximum atomic E-state index is 13.1. The molecule has 35 heavy (non-hydrogen) atoms. The van der Waals surface area contributed by atoms with Crippen LogP contribution in [-0.2, 0) is 18.3 Å². The largest absolute Gasteiger partial charge is 0.439 e. The van der Waals surface area contributed by atoms with Crippen LogP contribution < -0.4 is 0 Å². The van der Waals surface area contributed by atoms with Crippen molar-refractivity contribution in [2.24, 2.45) is 0 Å². The minimum atomic E-state index is -4.44. The number of aliphatic hydroxyl groups is 1. The predicted molar refractivity (Wildman–Crippen MR) is 127 cm³/mol. The number of oxazole rings is 1. The van der Waals surface area contributed by atoms with E-state index in [1.54, 1.807) is 6.07 Å². The Morgan fingerprint density at radius 3 is 2.11 bits per heavy atom. The molecule has 2 heterocycles. The lowest BCUT2D eigenvalue weighted by atomic mass is 9.84. The Morgan fingerprint density at radius 1 is 0.857 bits per heavy atom. The molecule has 0 amide bonds. The fraction of sp³-hybridized carbons (Fsp3) is 0.250. The first-order valence-electron chi connectivity index (χ1n) is 11.5. The highest BCUT2D eigenvalue weighted by atomic mass is 19.4. The average molecular weight is 479 g/mol. The van der Waals surface area contributed by atoms with Crippen molar-refractivity contribution in [2.45, 2.75) is 31.2 Å². The second-order valence-electron chi connectivity index (χ2n) is 8.90. The van der Waals surface area contributed by atoms with Gasteiger partial charge in [0.1, 0.15) is 5.69 Å². The first kappa shape index (κ1) is 23.3. The summed E-state index contributed by atoms with van der Waals surface area (Å²) in [5.74, 6) is 1.26. The highest BCUT2D eigenvalue weighted by molar-refractivity contribution is 5.76. The van der Waals surface area contributed by atoms with Gasteiger partial charge in [-0.2, -0.15) is 13.2 Å². The average Bonchev–Trinajstić information content (AvgIpc) is 3.30. The summed E-state index contributed by atoms with van der Waals surface area (Å²) >= 11 is 0. The van der Waals surface area contributed by atoms with Crippen LogP contribution in [0.4, 0.5) is 13.2 Å². The molecular formula is C28H25F3N2O2. The number of rotatable bonds is 5. The molecule has 4 aromatic rings. The Labute approximate surface area is 201 Å². The molecule has 1 fully saturated rings. The van der Waals surface area contributed by atoms with Crippen LogP contribution in [0, 0.1) is 0 Å². The van der Waals surface area contributed by atoms with Gasteiger partial charge in [-0.15, -0.1) is 0 Å². The maximum absolute atomic E-state index is 13.1. The maximum Gasteiger partial charge on any atom is 0.416 e. The van der Waals surface area contributed by atoms with E-state index in [-0.39, 0.29) is 0 Å². The normalized spacial score (nSPS) is 16.3. The summed E-state index contributed by atoms with van der Waals surface area (Å²) in [5, 5.41) is 11.1. The first-order chi connectivity index (χ1) is 16.8. The number of piperidine rings is 1. The van der Waals surface area contributed by atoms with Crippen LogP contribution in [0.2, 0.25) is 0 Å². The van der Waals surface area contributed by atoms with Crippen molar-refractivity contribution in [1.29, 1.82) is 0 Å². The second kappa shape index (κ2) is 9.32. The number of alkyl halides is 3. The lowest BCUT2D eigenvalue weighted by Gasteiger charge is -2.38. The number of likely N-dealkylation sites (tertiary alicyclic amines) is 1. The number of hydrogen-bond donors (Lipinski definition) is 1. The topological polar surface area (TPSA) is 49.5 Å². The highest BCUT2D eigenvalue weighted by Gasteiger charge is 2.37. The quantitative estimate of drug-likeness (QED) is 0.355. The zero-order valence-electron chi connectivity index (χ0n) is 19.0. The van der Waals surface area contributed by atoms with Crippen molar-refractivity contribution in [3.05, 3.63) is 102 Å². The fourth-order valence-electron chi connectivity index (χ4n) is 4.55. The smallest absolute Gasteiger partial charge is 0.416 e. The summed E-state index contributed by atoms with van der Waals surface area (Å²) in [6.07, 6.45) is -3.79. The van der Waals surface area contributed by atoms with Crippen LogP contribution in [-0.4, -0.2) is 28.1 Å². The zero-order chi connectivity index (χ0) is 24.5. The minimum absolute atomic E-state index is 0.306. The number of aromatic nitrogens is 1. The lowest BCUT2D eigenvalue weighted by Crippen LogP contribution is -2.42. The van der Waals surface area contributed by atoms with Gasteiger partial charge in [0.15, 0.2) is 5.76 Å². The Bertz CT molecular complexity index is 1220. The Morgan fingerprint density at radius 2 is 1.49 bits per heavy atom. The van der Waals surface area contributed by atoms with Crippen LogP contribution in [0.3, 0.4) is 0 Å². The molecule has 4 nitrogen and oxygen atoms in total. The van der Waals surface area contributed by atoms with E-state index in [1.807, 2.05) is 60.7 Å². The van der Waals surface area contributed by atoms with Crippen LogP contribution >= 0.6 is 0 Å². The van der Waals surface area contributed by atoms with E-state index < -0.39 is 17.3 Å². The van der Waals surface area contributed by atoms with E-state index >= 15 is 0 Å². The number of nitrogens with zero attached hydrogens (tertiary/aromatic N) is 2. The highest BCUT2D eigenvalue weighted by Crippen LogP contribution is 2.38. The van der Waals surface area contributed by atoms with Gasteiger partial charge in [-0.25, -0.2) is 4.98 Å². The lowest BCUT2D eigenvalue weighted by molar-refractivity contribution is -0.137. The molecule has 0 radical (unpaired) electrons. The molecular weight excluding hydrogens is 453 g/mol. The summed E-state index contributed by atoms with van der Waals surface area (Å²) < 4.78 is 45.6. The monoisotopic (exact) mass is 478 g/mol. The van der Waals surface area contributed by atoms with Crippen molar-refractivity contribution in [3.8, 4) is 22.6 Å². The van der Waals surface area contributed by atoms with E-state index in [4.69, 9.17) is 9.40 Å². The van der Waals surface area contributed by atoms with Crippen molar-refractivity contribution >= 4 is 0 Å². The Kier molecular flexibility index (Phi) is 6.21. The van der Waals surface area contributed by atoms with Gasteiger partial charge in [-0.3, -0.25) is 4.90 Å². The number of halogens is 3. The molecule has 1 N–H and O–H groups in total. The number of hydrogen-bond acceptors (Lipinski definition) is 4. The van der Waals surface area contributed by atoms with Gasteiger partial charge in [0, 0.05) is 24.2 Å². The molecule has 0 atom stereocenters. The molecule has 7 heteroatoms. The van der Waals surface area contributed by atoms with Crippen molar-refractivity contribution in [1.82, 2.24) is 9.88 Å². The van der Waals surface area contributed by atoms with Gasteiger partial charge in [0.05, 0.1) is 17.7 Å². The molecule has 0 aliphatic carbocycles. The summed E-state index contributed by atoms with van der Waals surface area (Å²) in [6.45, 7) is 1.47. The second-order valence-corrected chi connectivity index (χ2v) is 8.90. The van der Waals surface area contributed by atoms with E-state index in [2.05, 4.69) is 4.90 Å². The molecule has 1 saturated heterocycles. The molecule has 0 saturated carbocycles. The third-order valence-corrected chi connectivity index (χ3v) is 6.52. The molecule has 0 bridgehead atoms. The summed E-state index contributed by atoms with van der Waals surface area (Å²) in [7, 11) is 0. The standard InChI is InChI=1S/C28H25F3N2O2/c29-28(30,31)23-13-7-12-22(18-23)27(34)14-16-33(17-15-27)19-24-32-25(20-8-3-1-4-9-20)26(35-24)21-10-5-2-6-11-21/h1-13,18,34H,14-17,19H2. The van der Waals surface area contributed by atoms with Gasteiger partial charge in [0.2, 0.25) is 5.89 Å². The summed E-state index contributed by atoms with van der Waals surface area (Å²) in [5.41, 5.74) is 0.929.